The summed E-state index contributed by atoms with van der Waals surface area (Å²) in [5.41, 5.74) is 0.924. The van der Waals surface area contributed by atoms with Gasteiger partial charge in [-0.25, -0.2) is 4.79 Å². The zero-order valence-electron chi connectivity index (χ0n) is 13.7. The van der Waals surface area contributed by atoms with Crippen LogP contribution in [0.2, 0.25) is 0 Å². The molecule has 0 saturated heterocycles. The van der Waals surface area contributed by atoms with Gasteiger partial charge >= 0.3 is 6.03 Å². The van der Waals surface area contributed by atoms with E-state index in [0.29, 0.717) is 18.1 Å². The minimum absolute atomic E-state index is 0.266. The predicted octanol–water partition coefficient (Wildman–Crippen LogP) is 3.20. The molecule has 1 aromatic carbocycles. The van der Waals surface area contributed by atoms with Crippen LogP contribution in [-0.4, -0.2) is 42.3 Å². The van der Waals surface area contributed by atoms with E-state index < -0.39 is 0 Å². The van der Waals surface area contributed by atoms with Gasteiger partial charge in [-0.3, -0.25) is 5.32 Å². The summed E-state index contributed by atoms with van der Waals surface area (Å²) < 4.78 is 5.24. The first-order chi connectivity index (χ1) is 11.2. The Morgan fingerprint density at radius 3 is 2.65 bits per heavy atom. The number of amides is 2. The third-order valence-electron chi connectivity index (χ3n) is 3.64. The van der Waals surface area contributed by atoms with E-state index in [1.54, 1.807) is 6.07 Å². The molecule has 2 rings (SSSR count). The number of hydrogen-bond donors (Lipinski definition) is 2. The molecule has 2 amide bonds. The second kappa shape index (κ2) is 8.95. The molecule has 0 aliphatic heterocycles. The van der Waals surface area contributed by atoms with Crippen LogP contribution in [0.5, 0.6) is 0 Å². The molecular formula is C17H24N4O2. The van der Waals surface area contributed by atoms with Crippen molar-refractivity contribution in [3.8, 4) is 11.3 Å². The molecule has 0 saturated carbocycles. The van der Waals surface area contributed by atoms with Crippen molar-refractivity contribution in [3.05, 3.63) is 36.4 Å². The number of anilines is 1. The van der Waals surface area contributed by atoms with Gasteiger partial charge in [0.1, 0.15) is 0 Å². The summed E-state index contributed by atoms with van der Waals surface area (Å²) in [6.45, 7) is 7.95. The number of carbonyl (C=O) groups is 1. The summed E-state index contributed by atoms with van der Waals surface area (Å²) in [5.74, 6) is 1.03. The zero-order chi connectivity index (χ0) is 16.5. The topological polar surface area (TPSA) is 70.4 Å². The van der Waals surface area contributed by atoms with Gasteiger partial charge in [0.2, 0.25) is 0 Å². The fourth-order valence-electron chi connectivity index (χ4n) is 2.28. The van der Waals surface area contributed by atoms with E-state index in [4.69, 9.17) is 4.52 Å². The van der Waals surface area contributed by atoms with Crippen molar-refractivity contribution in [2.24, 2.45) is 0 Å². The molecule has 124 valence electrons. The van der Waals surface area contributed by atoms with Crippen molar-refractivity contribution >= 4 is 11.8 Å². The van der Waals surface area contributed by atoms with Gasteiger partial charge in [0.05, 0.1) is 0 Å². The van der Waals surface area contributed by atoms with Crippen molar-refractivity contribution in [2.75, 3.05) is 31.5 Å². The maximum Gasteiger partial charge on any atom is 0.320 e. The summed E-state index contributed by atoms with van der Waals surface area (Å²) in [5, 5.41) is 9.37. The highest BCUT2D eigenvalue weighted by Gasteiger charge is 2.09. The number of benzene rings is 1. The lowest BCUT2D eigenvalue weighted by molar-refractivity contribution is 0.250. The molecule has 0 bridgehead atoms. The van der Waals surface area contributed by atoms with Crippen LogP contribution in [0.25, 0.3) is 11.3 Å². The maximum atomic E-state index is 11.8. The van der Waals surface area contributed by atoms with Gasteiger partial charge in [-0.15, -0.1) is 0 Å². The summed E-state index contributed by atoms with van der Waals surface area (Å²) in [4.78, 5) is 14.1. The Kier molecular flexibility index (Phi) is 6.62. The summed E-state index contributed by atoms with van der Waals surface area (Å²) in [7, 11) is 0. The average Bonchev–Trinajstić information content (AvgIpc) is 3.04. The van der Waals surface area contributed by atoms with Crippen LogP contribution in [0.15, 0.2) is 40.9 Å². The van der Waals surface area contributed by atoms with Crippen LogP contribution >= 0.6 is 0 Å². The van der Waals surface area contributed by atoms with E-state index in [0.717, 1.165) is 31.6 Å². The zero-order valence-corrected chi connectivity index (χ0v) is 13.7. The highest BCUT2D eigenvalue weighted by atomic mass is 16.5. The van der Waals surface area contributed by atoms with Crippen LogP contribution in [-0.2, 0) is 0 Å². The Bertz CT molecular complexity index is 594. The average molecular weight is 316 g/mol. The lowest BCUT2D eigenvalue weighted by Crippen LogP contribution is -2.32. The number of rotatable bonds is 8. The Hall–Kier alpha value is -2.34. The van der Waals surface area contributed by atoms with Crippen molar-refractivity contribution in [3.63, 3.8) is 0 Å². The second-order valence-corrected chi connectivity index (χ2v) is 5.20. The molecule has 1 heterocycles. The van der Waals surface area contributed by atoms with Crippen LogP contribution in [0.4, 0.5) is 10.6 Å². The van der Waals surface area contributed by atoms with Crippen molar-refractivity contribution in [1.29, 1.82) is 0 Å². The van der Waals surface area contributed by atoms with Crippen LogP contribution in [0, 0.1) is 0 Å². The van der Waals surface area contributed by atoms with Gasteiger partial charge in [-0.05, 0) is 26.1 Å². The fourth-order valence-corrected chi connectivity index (χ4v) is 2.28. The predicted molar refractivity (Wildman–Crippen MR) is 91.4 cm³/mol. The van der Waals surface area contributed by atoms with Crippen LogP contribution in [0.1, 0.15) is 20.3 Å². The number of hydrogen-bond acceptors (Lipinski definition) is 4. The molecule has 23 heavy (non-hydrogen) atoms. The highest BCUT2D eigenvalue weighted by molar-refractivity contribution is 5.88. The number of aromatic nitrogens is 1. The van der Waals surface area contributed by atoms with Crippen molar-refractivity contribution in [2.45, 2.75) is 20.3 Å². The van der Waals surface area contributed by atoms with E-state index in [-0.39, 0.29) is 6.03 Å². The Morgan fingerprint density at radius 1 is 1.22 bits per heavy atom. The third kappa shape index (κ3) is 5.41. The first kappa shape index (κ1) is 17.0. The van der Waals surface area contributed by atoms with E-state index in [9.17, 15) is 4.79 Å². The largest absolute Gasteiger partial charge is 0.354 e. The maximum absolute atomic E-state index is 11.8. The van der Waals surface area contributed by atoms with Gasteiger partial charge in [0.15, 0.2) is 11.6 Å². The number of carbonyl (C=O) groups excluding carboxylic acids is 1. The number of nitrogens with one attached hydrogen (secondary N) is 2. The molecule has 2 aromatic rings. The number of urea groups is 1. The fraction of sp³-hybridized carbons (Fsp3) is 0.412. The van der Waals surface area contributed by atoms with Gasteiger partial charge in [0, 0.05) is 18.2 Å². The van der Waals surface area contributed by atoms with E-state index in [1.165, 1.54) is 0 Å². The molecule has 0 spiro atoms. The molecule has 0 atom stereocenters. The summed E-state index contributed by atoms with van der Waals surface area (Å²) in [6.07, 6.45) is 0.920. The lowest BCUT2D eigenvalue weighted by atomic mass is 10.2. The first-order valence-corrected chi connectivity index (χ1v) is 8.02. The third-order valence-corrected chi connectivity index (χ3v) is 3.64. The van der Waals surface area contributed by atoms with Crippen molar-refractivity contribution in [1.82, 2.24) is 15.4 Å². The molecule has 0 aliphatic rings. The van der Waals surface area contributed by atoms with Crippen LogP contribution in [0.3, 0.4) is 0 Å². The SMILES string of the molecule is CCN(CC)CCCNC(=O)Nc1cc(-c2ccccc2)on1. The van der Waals surface area contributed by atoms with E-state index >= 15 is 0 Å². The van der Waals surface area contributed by atoms with Crippen LogP contribution < -0.4 is 10.6 Å². The minimum Gasteiger partial charge on any atom is -0.354 e. The van der Waals surface area contributed by atoms with Gasteiger partial charge in [-0.1, -0.05) is 49.3 Å². The molecule has 0 aliphatic carbocycles. The second-order valence-electron chi connectivity index (χ2n) is 5.20. The molecule has 6 heteroatoms. The standard InChI is InChI=1S/C17H24N4O2/c1-3-21(4-2)12-8-11-18-17(22)19-16-13-15(23-20-16)14-9-6-5-7-10-14/h5-7,9-10,13H,3-4,8,11-12H2,1-2H3,(H2,18,19,20,22). The molecule has 2 N–H and O–H groups in total. The van der Waals surface area contributed by atoms with Gasteiger partial charge in [0.25, 0.3) is 0 Å². The molecule has 0 fully saturated rings. The van der Waals surface area contributed by atoms with Gasteiger partial charge < -0.3 is 14.7 Å². The Morgan fingerprint density at radius 2 is 1.96 bits per heavy atom. The summed E-state index contributed by atoms with van der Waals surface area (Å²) >= 11 is 0. The van der Waals surface area contributed by atoms with E-state index in [2.05, 4.69) is 34.5 Å². The minimum atomic E-state index is -0.266. The molecular weight excluding hydrogens is 292 g/mol. The molecule has 0 radical (unpaired) electrons. The summed E-state index contributed by atoms with van der Waals surface area (Å²) in [6, 6.07) is 11.1. The van der Waals surface area contributed by atoms with E-state index in [1.807, 2.05) is 30.3 Å². The normalized spacial score (nSPS) is 10.7. The molecule has 0 unspecified atom stereocenters. The van der Waals surface area contributed by atoms with Crippen molar-refractivity contribution < 1.29 is 9.32 Å². The monoisotopic (exact) mass is 316 g/mol. The number of nitrogens with zero attached hydrogens (tertiary/aromatic N) is 2. The first-order valence-electron chi connectivity index (χ1n) is 8.02. The van der Waals surface area contributed by atoms with Gasteiger partial charge in [-0.2, -0.15) is 0 Å². The molecule has 1 aromatic heterocycles. The quantitative estimate of drug-likeness (QED) is 0.734. The smallest absolute Gasteiger partial charge is 0.320 e. The Labute approximate surface area is 136 Å². The molecule has 6 nitrogen and oxygen atoms in total. The lowest BCUT2D eigenvalue weighted by Gasteiger charge is -2.17. The Balaban J connectivity index is 1.75. The highest BCUT2D eigenvalue weighted by Crippen LogP contribution is 2.21.